The molecule has 1 aromatic rings. The monoisotopic (exact) mass is 358 g/mol. The van der Waals surface area contributed by atoms with Crippen LogP contribution in [0.15, 0.2) is 24.3 Å². The molecule has 6 nitrogen and oxygen atoms in total. The minimum Gasteiger partial charge on any atom is -0.486 e. The number of fused-ring (bicyclic) bond motifs is 1. The van der Waals surface area contributed by atoms with Crippen LogP contribution in [-0.2, 0) is 9.59 Å². The number of rotatable bonds is 5. The fraction of sp³-hybridized carbons (Fsp3) is 0.500. The molecule has 3 rings (SSSR count). The summed E-state index contributed by atoms with van der Waals surface area (Å²) >= 11 is 0. The van der Waals surface area contributed by atoms with Crippen LogP contribution in [-0.4, -0.2) is 37.1 Å². The average molecular weight is 358 g/mol. The molecule has 2 amide bonds. The van der Waals surface area contributed by atoms with Crippen molar-refractivity contribution in [1.82, 2.24) is 10.6 Å². The summed E-state index contributed by atoms with van der Waals surface area (Å²) in [5.74, 6) is 1.06. The number of amides is 2. The summed E-state index contributed by atoms with van der Waals surface area (Å²) < 4.78 is 11.0. The highest BCUT2D eigenvalue weighted by atomic mass is 16.6. The first-order chi connectivity index (χ1) is 12.6. The molecule has 0 atom stereocenters. The van der Waals surface area contributed by atoms with Crippen LogP contribution in [0.4, 0.5) is 0 Å². The number of benzene rings is 1. The third kappa shape index (κ3) is 4.18. The first-order valence-electron chi connectivity index (χ1n) is 9.31. The molecular weight excluding hydrogens is 332 g/mol. The smallest absolute Gasteiger partial charge is 0.245 e. The van der Waals surface area contributed by atoms with Gasteiger partial charge in [-0.15, -0.1) is 0 Å². The van der Waals surface area contributed by atoms with Crippen molar-refractivity contribution < 1.29 is 19.1 Å². The fourth-order valence-corrected chi connectivity index (χ4v) is 3.51. The molecule has 1 aliphatic carbocycles. The number of carbonyl (C=O) groups excluding carboxylic acids is 2. The Labute approximate surface area is 153 Å². The minimum absolute atomic E-state index is 0.0826. The van der Waals surface area contributed by atoms with E-state index in [1.165, 1.54) is 6.08 Å². The largest absolute Gasteiger partial charge is 0.486 e. The molecular formula is C20H26N2O4. The summed E-state index contributed by atoms with van der Waals surface area (Å²) in [6, 6.07) is 5.55. The molecule has 1 saturated carbocycles. The molecule has 2 aliphatic rings. The van der Waals surface area contributed by atoms with Crippen molar-refractivity contribution in [2.45, 2.75) is 44.6 Å². The molecule has 2 N–H and O–H groups in total. The van der Waals surface area contributed by atoms with Crippen LogP contribution < -0.4 is 20.1 Å². The highest BCUT2D eigenvalue weighted by Gasteiger charge is 2.40. The van der Waals surface area contributed by atoms with Gasteiger partial charge in [-0.1, -0.05) is 25.3 Å². The van der Waals surface area contributed by atoms with Gasteiger partial charge in [-0.05, 0) is 43.5 Å². The Morgan fingerprint density at radius 3 is 2.58 bits per heavy atom. The quantitative estimate of drug-likeness (QED) is 0.793. The maximum absolute atomic E-state index is 12.5. The van der Waals surface area contributed by atoms with Crippen LogP contribution in [0.1, 0.15) is 44.6 Å². The molecule has 1 heterocycles. The number of likely N-dealkylation sites (N-methyl/N-ethyl adjacent to an activating group) is 1. The minimum atomic E-state index is -0.789. The number of carbonyl (C=O) groups is 2. The fourth-order valence-electron chi connectivity index (χ4n) is 3.51. The summed E-state index contributed by atoms with van der Waals surface area (Å²) in [5.41, 5.74) is 0.0581. The molecule has 0 bridgehead atoms. The molecule has 1 aromatic carbocycles. The standard InChI is InChI=1S/C20H26N2O4/c1-2-21-19(24)20(10-4-3-5-11-20)22-18(23)9-7-15-6-8-16-17(14-15)26-13-12-25-16/h6-9,14H,2-5,10-13H2,1H3,(H,21,24)(H,22,23)/b9-7+. The van der Waals surface area contributed by atoms with Crippen LogP contribution in [0.25, 0.3) is 6.08 Å². The van der Waals surface area contributed by atoms with Crippen LogP contribution in [0, 0.1) is 0 Å². The zero-order valence-electron chi connectivity index (χ0n) is 15.2. The molecule has 0 radical (unpaired) electrons. The molecule has 1 fully saturated rings. The Bertz CT molecular complexity index is 693. The van der Waals surface area contributed by atoms with E-state index in [2.05, 4.69) is 10.6 Å². The average Bonchev–Trinajstić information content (AvgIpc) is 2.67. The first kappa shape index (κ1) is 18.3. The molecule has 0 unspecified atom stereocenters. The first-order valence-corrected chi connectivity index (χ1v) is 9.31. The van der Waals surface area contributed by atoms with Gasteiger partial charge in [0.25, 0.3) is 0 Å². The second kappa shape index (κ2) is 8.25. The Morgan fingerprint density at radius 2 is 1.85 bits per heavy atom. The van der Waals surface area contributed by atoms with Gasteiger partial charge in [0.05, 0.1) is 0 Å². The van der Waals surface area contributed by atoms with Crippen molar-refractivity contribution in [3.8, 4) is 11.5 Å². The zero-order valence-corrected chi connectivity index (χ0v) is 15.2. The van der Waals surface area contributed by atoms with E-state index >= 15 is 0 Å². The van der Waals surface area contributed by atoms with E-state index < -0.39 is 5.54 Å². The van der Waals surface area contributed by atoms with Gasteiger partial charge in [-0.3, -0.25) is 9.59 Å². The Kier molecular flexibility index (Phi) is 5.81. The number of ether oxygens (including phenoxy) is 2. The molecule has 140 valence electrons. The van der Waals surface area contributed by atoms with E-state index in [1.54, 1.807) is 6.08 Å². The van der Waals surface area contributed by atoms with Gasteiger partial charge in [-0.25, -0.2) is 0 Å². The lowest BCUT2D eigenvalue weighted by molar-refractivity contribution is -0.133. The highest BCUT2D eigenvalue weighted by molar-refractivity contribution is 5.97. The Morgan fingerprint density at radius 1 is 1.12 bits per heavy atom. The second-order valence-corrected chi connectivity index (χ2v) is 6.73. The van der Waals surface area contributed by atoms with Crippen LogP contribution >= 0.6 is 0 Å². The van der Waals surface area contributed by atoms with Gasteiger partial charge in [0, 0.05) is 12.6 Å². The van der Waals surface area contributed by atoms with E-state index in [0.29, 0.717) is 38.3 Å². The molecule has 0 spiro atoms. The lowest BCUT2D eigenvalue weighted by Crippen LogP contribution is -2.59. The van der Waals surface area contributed by atoms with Gasteiger partial charge in [0.15, 0.2) is 11.5 Å². The molecule has 6 heteroatoms. The molecule has 26 heavy (non-hydrogen) atoms. The van der Waals surface area contributed by atoms with Crippen molar-refractivity contribution in [1.29, 1.82) is 0 Å². The van der Waals surface area contributed by atoms with Crippen LogP contribution in [0.2, 0.25) is 0 Å². The van der Waals surface area contributed by atoms with Crippen molar-refractivity contribution in [2.24, 2.45) is 0 Å². The van der Waals surface area contributed by atoms with E-state index in [-0.39, 0.29) is 11.8 Å². The van der Waals surface area contributed by atoms with Crippen molar-refractivity contribution >= 4 is 17.9 Å². The Hall–Kier alpha value is -2.50. The molecule has 0 aromatic heterocycles. The topological polar surface area (TPSA) is 76.7 Å². The Balaban J connectivity index is 1.68. The second-order valence-electron chi connectivity index (χ2n) is 6.73. The summed E-state index contributed by atoms with van der Waals surface area (Å²) in [5, 5.41) is 5.82. The lowest BCUT2D eigenvalue weighted by Gasteiger charge is -2.36. The molecule has 1 aliphatic heterocycles. The van der Waals surface area contributed by atoms with Crippen LogP contribution in [0.3, 0.4) is 0 Å². The summed E-state index contributed by atoms with van der Waals surface area (Å²) in [7, 11) is 0. The number of hydrogen-bond acceptors (Lipinski definition) is 4. The number of hydrogen-bond donors (Lipinski definition) is 2. The van der Waals surface area contributed by atoms with Gasteiger partial charge in [0.2, 0.25) is 11.8 Å². The third-order valence-corrected chi connectivity index (χ3v) is 4.83. The summed E-state index contributed by atoms with van der Waals surface area (Å²) in [6.45, 7) is 3.52. The highest BCUT2D eigenvalue weighted by Crippen LogP contribution is 2.31. The number of nitrogens with one attached hydrogen (secondary N) is 2. The zero-order chi connectivity index (χ0) is 18.4. The van der Waals surface area contributed by atoms with Gasteiger partial charge in [-0.2, -0.15) is 0 Å². The normalized spacial score (nSPS) is 18.3. The van der Waals surface area contributed by atoms with Crippen LogP contribution in [0.5, 0.6) is 11.5 Å². The van der Waals surface area contributed by atoms with Crippen molar-refractivity contribution in [3.05, 3.63) is 29.8 Å². The maximum Gasteiger partial charge on any atom is 0.245 e. The van der Waals surface area contributed by atoms with Gasteiger partial charge in [0.1, 0.15) is 18.8 Å². The van der Waals surface area contributed by atoms with Crippen molar-refractivity contribution in [3.63, 3.8) is 0 Å². The van der Waals surface area contributed by atoms with Gasteiger partial charge >= 0.3 is 0 Å². The van der Waals surface area contributed by atoms with E-state index in [1.807, 2.05) is 25.1 Å². The van der Waals surface area contributed by atoms with E-state index in [4.69, 9.17) is 9.47 Å². The van der Waals surface area contributed by atoms with E-state index in [9.17, 15) is 9.59 Å². The SMILES string of the molecule is CCNC(=O)C1(NC(=O)/C=C/c2ccc3c(c2)OCCO3)CCCCC1. The van der Waals surface area contributed by atoms with Gasteiger partial charge < -0.3 is 20.1 Å². The molecule has 0 saturated heterocycles. The van der Waals surface area contributed by atoms with Crippen molar-refractivity contribution in [2.75, 3.05) is 19.8 Å². The summed E-state index contributed by atoms with van der Waals surface area (Å²) in [4.78, 5) is 25.0. The lowest BCUT2D eigenvalue weighted by atomic mass is 9.80. The predicted molar refractivity (Wildman–Crippen MR) is 99.1 cm³/mol. The van der Waals surface area contributed by atoms with E-state index in [0.717, 1.165) is 30.6 Å². The summed E-state index contributed by atoms with van der Waals surface area (Å²) in [6.07, 6.45) is 7.56. The maximum atomic E-state index is 12.5. The third-order valence-electron chi connectivity index (χ3n) is 4.83. The predicted octanol–water partition coefficient (Wildman–Crippen LogP) is 2.43.